The number of aromatic nitrogens is 2. The van der Waals surface area contributed by atoms with Crippen LogP contribution in [0, 0.1) is 6.92 Å². The van der Waals surface area contributed by atoms with E-state index in [1.807, 2.05) is 78.2 Å². The lowest BCUT2D eigenvalue weighted by Crippen LogP contribution is -2.21. The van der Waals surface area contributed by atoms with Crippen LogP contribution in [-0.4, -0.2) is 21.9 Å². The fraction of sp³-hybridized carbons (Fsp3) is 0.130. The number of rotatable bonds is 6. The Kier molecular flexibility index (Phi) is 5.06. The second kappa shape index (κ2) is 7.96. The molecule has 0 aliphatic carbocycles. The zero-order valence-electron chi connectivity index (χ0n) is 15.6. The van der Waals surface area contributed by atoms with Gasteiger partial charge in [0.25, 0.3) is 5.91 Å². The molecule has 0 aliphatic rings. The Labute approximate surface area is 163 Å². The van der Waals surface area contributed by atoms with Gasteiger partial charge in [0, 0.05) is 12.6 Å². The molecule has 28 heavy (non-hydrogen) atoms. The Bertz CT molecular complexity index is 1090. The summed E-state index contributed by atoms with van der Waals surface area (Å²) in [6.07, 6.45) is 2.61. The lowest BCUT2D eigenvalue weighted by Gasteiger charge is -2.09. The van der Waals surface area contributed by atoms with Gasteiger partial charge in [0.15, 0.2) is 6.61 Å². The van der Waals surface area contributed by atoms with Crippen LogP contribution in [0.2, 0.25) is 0 Å². The number of nitrogens with zero attached hydrogens (tertiary/aromatic N) is 2. The van der Waals surface area contributed by atoms with Crippen molar-refractivity contribution in [3.05, 3.63) is 95.8 Å². The molecule has 0 saturated carbocycles. The average Bonchev–Trinajstić information content (AvgIpc) is 3.04. The summed E-state index contributed by atoms with van der Waals surface area (Å²) < 4.78 is 7.49. The van der Waals surface area contributed by atoms with Crippen LogP contribution in [0.5, 0.6) is 5.75 Å². The van der Waals surface area contributed by atoms with Crippen molar-refractivity contribution in [2.45, 2.75) is 13.3 Å². The van der Waals surface area contributed by atoms with Crippen molar-refractivity contribution in [1.82, 2.24) is 9.38 Å². The number of benzene rings is 2. The van der Waals surface area contributed by atoms with Crippen LogP contribution < -0.4 is 10.1 Å². The molecule has 0 radical (unpaired) electrons. The van der Waals surface area contributed by atoms with Gasteiger partial charge < -0.3 is 10.1 Å². The van der Waals surface area contributed by atoms with Crippen LogP contribution in [0.1, 0.15) is 16.8 Å². The van der Waals surface area contributed by atoms with E-state index in [2.05, 4.69) is 17.4 Å². The topological polar surface area (TPSA) is 55.6 Å². The van der Waals surface area contributed by atoms with E-state index in [1.54, 1.807) is 0 Å². The Balaban J connectivity index is 1.59. The molecular formula is C23H21N3O2. The molecule has 0 aliphatic heterocycles. The van der Waals surface area contributed by atoms with Gasteiger partial charge in [-0.05, 0) is 36.2 Å². The number of hydrogen-bond acceptors (Lipinski definition) is 3. The summed E-state index contributed by atoms with van der Waals surface area (Å²) in [7, 11) is 0. The number of aryl methyl sites for hydroxylation is 1. The van der Waals surface area contributed by atoms with Crippen LogP contribution in [0.25, 0.3) is 5.65 Å². The van der Waals surface area contributed by atoms with Crippen LogP contribution in [-0.2, 0) is 11.2 Å². The number of carbonyl (C=O) groups excluding carboxylic acids is 1. The predicted octanol–water partition coefficient (Wildman–Crippen LogP) is 4.25. The fourth-order valence-electron chi connectivity index (χ4n) is 3.08. The molecule has 0 fully saturated rings. The Morgan fingerprint density at radius 1 is 1.00 bits per heavy atom. The highest BCUT2D eigenvalue weighted by Gasteiger charge is 2.16. The molecule has 5 nitrogen and oxygen atoms in total. The number of anilines is 1. The highest BCUT2D eigenvalue weighted by atomic mass is 16.5. The van der Waals surface area contributed by atoms with Crippen molar-refractivity contribution >= 4 is 17.4 Å². The van der Waals surface area contributed by atoms with E-state index < -0.39 is 0 Å². The zero-order valence-corrected chi connectivity index (χ0v) is 15.6. The average molecular weight is 371 g/mol. The molecule has 2 heterocycles. The van der Waals surface area contributed by atoms with Gasteiger partial charge in [0.1, 0.15) is 17.2 Å². The van der Waals surface area contributed by atoms with E-state index in [1.165, 1.54) is 0 Å². The highest BCUT2D eigenvalue weighted by molar-refractivity contribution is 5.92. The van der Waals surface area contributed by atoms with Gasteiger partial charge in [0.05, 0.1) is 5.69 Å². The van der Waals surface area contributed by atoms with Crippen molar-refractivity contribution in [1.29, 1.82) is 0 Å². The maximum Gasteiger partial charge on any atom is 0.263 e. The van der Waals surface area contributed by atoms with Crippen LogP contribution in [0.15, 0.2) is 79.0 Å². The van der Waals surface area contributed by atoms with Crippen molar-refractivity contribution < 1.29 is 9.53 Å². The molecule has 4 rings (SSSR count). The summed E-state index contributed by atoms with van der Waals surface area (Å²) in [4.78, 5) is 17.3. The third kappa shape index (κ3) is 4.04. The number of pyridine rings is 1. The number of amides is 1. The summed E-state index contributed by atoms with van der Waals surface area (Å²) in [5.74, 6) is 1.13. The fourth-order valence-corrected chi connectivity index (χ4v) is 3.08. The first kappa shape index (κ1) is 17.8. The maximum absolute atomic E-state index is 12.5. The monoisotopic (exact) mass is 371 g/mol. The minimum absolute atomic E-state index is 0.0617. The molecule has 5 heteroatoms. The number of hydrogen-bond donors (Lipinski definition) is 1. The largest absolute Gasteiger partial charge is 0.484 e. The Hall–Kier alpha value is -3.60. The summed E-state index contributed by atoms with van der Waals surface area (Å²) in [5.41, 5.74) is 3.85. The second-order valence-electron chi connectivity index (χ2n) is 6.65. The summed E-state index contributed by atoms with van der Waals surface area (Å²) in [6, 6.07) is 23.4. The maximum atomic E-state index is 12.5. The summed E-state index contributed by atoms with van der Waals surface area (Å²) in [5, 5.41) is 2.99. The lowest BCUT2D eigenvalue weighted by atomic mass is 10.1. The first-order valence-corrected chi connectivity index (χ1v) is 9.18. The van der Waals surface area contributed by atoms with Crippen LogP contribution in [0.4, 0.5) is 5.82 Å². The minimum atomic E-state index is -0.221. The molecule has 1 amide bonds. The first-order chi connectivity index (χ1) is 13.7. The van der Waals surface area contributed by atoms with Gasteiger partial charge >= 0.3 is 0 Å². The number of carbonyl (C=O) groups is 1. The highest BCUT2D eigenvalue weighted by Crippen LogP contribution is 2.22. The molecule has 0 unspecified atom stereocenters. The molecule has 1 N–H and O–H groups in total. The number of fused-ring (bicyclic) bond motifs is 1. The quantitative estimate of drug-likeness (QED) is 0.551. The third-order valence-electron chi connectivity index (χ3n) is 4.42. The lowest BCUT2D eigenvalue weighted by molar-refractivity contribution is -0.118. The molecule has 140 valence electrons. The standard InChI is InChI=1S/C23H21N3O2/c1-17-12-13-21-24-20(14-18-8-4-2-5-9-18)23(26(21)15-17)25-22(27)16-28-19-10-6-3-7-11-19/h2-13,15H,14,16H2,1H3,(H,25,27). The van der Waals surface area contributed by atoms with Gasteiger partial charge in [-0.2, -0.15) is 0 Å². The number of nitrogens with one attached hydrogen (secondary N) is 1. The molecule has 2 aromatic carbocycles. The van der Waals surface area contributed by atoms with Gasteiger partial charge in [-0.25, -0.2) is 4.98 Å². The van der Waals surface area contributed by atoms with Crippen molar-refractivity contribution in [2.75, 3.05) is 11.9 Å². The predicted molar refractivity (Wildman–Crippen MR) is 110 cm³/mol. The van der Waals surface area contributed by atoms with E-state index in [0.29, 0.717) is 18.0 Å². The van der Waals surface area contributed by atoms with E-state index in [-0.39, 0.29) is 12.5 Å². The van der Waals surface area contributed by atoms with E-state index in [9.17, 15) is 4.79 Å². The van der Waals surface area contributed by atoms with E-state index in [4.69, 9.17) is 9.72 Å². The van der Waals surface area contributed by atoms with Crippen molar-refractivity contribution in [2.24, 2.45) is 0 Å². The molecule has 0 saturated heterocycles. The second-order valence-corrected chi connectivity index (χ2v) is 6.65. The number of para-hydroxylation sites is 1. The molecular weight excluding hydrogens is 350 g/mol. The van der Waals surface area contributed by atoms with Crippen molar-refractivity contribution in [3.8, 4) is 5.75 Å². The summed E-state index contributed by atoms with van der Waals surface area (Å²) >= 11 is 0. The normalized spacial score (nSPS) is 10.8. The minimum Gasteiger partial charge on any atom is -0.484 e. The Morgan fingerprint density at radius 2 is 1.71 bits per heavy atom. The van der Waals surface area contributed by atoms with E-state index in [0.717, 1.165) is 22.5 Å². The van der Waals surface area contributed by atoms with Gasteiger partial charge in [-0.15, -0.1) is 0 Å². The molecule has 4 aromatic rings. The Morgan fingerprint density at radius 3 is 2.46 bits per heavy atom. The molecule has 2 aromatic heterocycles. The third-order valence-corrected chi connectivity index (χ3v) is 4.42. The van der Waals surface area contributed by atoms with Crippen LogP contribution >= 0.6 is 0 Å². The van der Waals surface area contributed by atoms with E-state index >= 15 is 0 Å². The number of imidazole rings is 1. The molecule has 0 bridgehead atoms. The first-order valence-electron chi connectivity index (χ1n) is 9.18. The zero-order chi connectivity index (χ0) is 19.3. The van der Waals surface area contributed by atoms with Crippen molar-refractivity contribution in [3.63, 3.8) is 0 Å². The van der Waals surface area contributed by atoms with Gasteiger partial charge in [-0.1, -0.05) is 54.6 Å². The SMILES string of the molecule is Cc1ccc2nc(Cc3ccccc3)c(NC(=O)COc3ccccc3)n2c1. The molecule has 0 spiro atoms. The molecule has 0 atom stereocenters. The number of ether oxygens (including phenoxy) is 1. The van der Waals surface area contributed by atoms with Gasteiger partial charge in [0.2, 0.25) is 0 Å². The van der Waals surface area contributed by atoms with Crippen LogP contribution in [0.3, 0.4) is 0 Å². The summed E-state index contributed by atoms with van der Waals surface area (Å²) in [6.45, 7) is 1.95. The van der Waals surface area contributed by atoms with Gasteiger partial charge in [-0.3, -0.25) is 9.20 Å². The smallest absolute Gasteiger partial charge is 0.263 e.